The van der Waals surface area contributed by atoms with Crippen molar-refractivity contribution >= 4 is 11.8 Å². The third-order valence-electron chi connectivity index (χ3n) is 2.56. The molecule has 4 nitrogen and oxygen atoms in total. The number of ether oxygens (including phenoxy) is 1. The highest BCUT2D eigenvalue weighted by molar-refractivity contribution is 6.04. The van der Waals surface area contributed by atoms with Crippen LogP contribution in [-0.2, 0) is 14.3 Å². The highest BCUT2D eigenvalue weighted by Crippen LogP contribution is 2.26. The van der Waals surface area contributed by atoms with Crippen LogP contribution in [0.1, 0.15) is 13.3 Å². The van der Waals surface area contributed by atoms with E-state index in [1.54, 1.807) is 6.92 Å². The van der Waals surface area contributed by atoms with Gasteiger partial charge in [0.15, 0.2) is 5.78 Å². The number of Topliss-reactive ketones (excluding diaryl/α,β-unsaturated/α-hetero) is 1. The first-order valence-corrected chi connectivity index (χ1v) is 4.31. The van der Waals surface area contributed by atoms with Gasteiger partial charge in [-0.2, -0.15) is 0 Å². The minimum Gasteiger partial charge on any atom is -0.468 e. The number of ketones is 1. The van der Waals surface area contributed by atoms with E-state index >= 15 is 0 Å². The van der Waals surface area contributed by atoms with Crippen LogP contribution in [0.15, 0.2) is 0 Å². The average Bonchev–Trinajstić information content (AvgIpc) is 2.10. The Morgan fingerprint density at radius 2 is 2.23 bits per heavy atom. The van der Waals surface area contributed by atoms with E-state index < -0.39 is 11.4 Å². The van der Waals surface area contributed by atoms with Gasteiger partial charge in [-0.3, -0.25) is 9.59 Å². The molecule has 1 unspecified atom stereocenters. The Labute approximate surface area is 77.8 Å². The van der Waals surface area contributed by atoms with E-state index in [1.807, 2.05) is 11.9 Å². The molecular weight excluding hydrogens is 170 g/mol. The maximum Gasteiger partial charge on any atom is 0.320 e. The third kappa shape index (κ3) is 1.72. The predicted octanol–water partition coefficient (Wildman–Crippen LogP) is 0.0703. The van der Waals surface area contributed by atoms with Gasteiger partial charge in [0.2, 0.25) is 0 Å². The van der Waals surface area contributed by atoms with E-state index in [4.69, 9.17) is 0 Å². The van der Waals surface area contributed by atoms with Crippen molar-refractivity contribution in [3.05, 3.63) is 0 Å². The summed E-state index contributed by atoms with van der Waals surface area (Å²) in [5.74, 6) is -0.443. The van der Waals surface area contributed by atoms with E-state index in [1.165, 1.54) is 7.11 Å². The molecule has 1 rings (SSSR count). The van der Waals surface area contributed by atoms with Gasteiger partial charge in [-0.25, -0.2) is 0 Å². The van der Waals surface area contributed by atoms with Crippen molar-refractivity contribution in [2.24, 2.45) is 5.41 Å². The Balaban J connectivity index is 2.84. The fourth-order valence-corrected chi connectivity index (χ4v) is 1.68. The highest BCUT2D eigenvalue weighted by Gasteiger charge is 2.44. The molecule has 0 aliphatic carbocycles. The molecule has 1 fully saturated rings. The van der Waals surface area contributed by atoms with Gasteiger partial charge in [0.25, 0.3) is 0 Å². The first kappa shape index (κ1) is 10.2. The molecule has 1 aliphatic rings. The lowest BCUT2D eigenvalue weighted by Gasteiger charge is -2.34. The summed E-state index contributed by atoms with van der Waals surface area (Å²) in [4.78, 5) is 24.9. The van der Waals surface area contributed by atoms with Gasteiger partial charge in [-0.15, -0.1) is 0 Å². The van der Waals surface area contributed by atoms with Crippen molar-refractivity contribution in [2.75, 3.05) is 27.2 Å². The predicted molar refractivity (Wildman–Crippen MR) is 47.2 cm³/mol. The minimum absolute atomic E-state index is 0.0162. The summed E-state index contributed by atoms with van der Waals surface area (Å²) in [6.45, 7) is 2.83. The Kier molecular flexibility index (Phi) is 2.71. The summed E-state index contributed by atoms with van der Waals surface area (Å²) in [6, 6.07) is 0. The number of nitrogens with zero attached hydrogens (tertiary/aromatic N) is 1. The van der Waals surface area contributed by atoms with Gasteiger partial charge in [0.1, 0.15) is 5.41 Å². The first-order valence-electron chi connectivity index (χ1n) is 4.31. The summed E-state index contributed by atoms with van der Waals surface area (Å²) in [5, 5.41) is 0. The number of esters is 1. The number of carbonyl (C=O) groups excluding carboxylic acids is 2. The van der Waals surface area contributed by atoms with Crippen LogP contribution in [0, 0.1) is 5.41 Å². The molecule has 0 N–H and O–H groups in total. The number of likely N-dealkylation sites (tertiary alicyclic amines) is 1. The molecule has 13 heavy (non-hydrogen) atoms. The molecule has 1 atom stereocenters. The molecule has 1 saturated heterocycles. The largest absolute Gasteiger partial charge is 0.468 e. The van der Waals surface area contributed by atoms with E-state index in [0.717, 1.165) is 6.54 Å². The SMILES string of the molecule is COC(=O)C1(C)CN(C)CCC1=O. The molecule has 0 bridgehead atoms. The van der Waals surface area contributed by atoms with Crippen LogP contribution in [0.2, 0.25) is 0 Å². The maximum atomic E-state index is 11.5. The van der Waals surface area contributed by atoms with Gasteiger partial charge >= 0.3 is 5.97 Å². The number of rotatable bonds is 1. The van der Waals surface area contributed by atoms with Gasteiger partial charge in [0, 0.05) is 19.5 Å². The van der Waals surface area contributed by atoms with E-state index in [9.17, 15) is 9.59 Å². The molecule has 0 aromatic heterocycles. The first-order chi connectivity index (χ1) is 6.00. The maximum absolute atomic E-state index is 11.5. The summed E-state index contributed by atoms with van der Waals surface area (Å²) >= 11 is 0. The Morgan fingerprint density at radius 3 is 2.77 bits per heavy atom. The van der Waals surface area contributed by atoms with E-state index in [2.05, 4.69) is 4.74 Å². The molecule has 4 heteroatoms. The van der Waals surface area contributed by atoms with Crippen LogP contribution >= 0.6 is 0 Å². The van der Waals surface area contributed by atoms with E-state index in [-0.39, 0.29) is 5.78 Å². The molecule has 0 aromatic rings. The van der Waals surface area contributed by atoms with Gasteiger partial charge in [-0.05, 0) is 14.0 Å². The van der Waals surface area contributed by atoms with Crippen LogP contribution < -0.4 is 0 Å². The average molecular weight is 185 g/mol. The van der Waals surface area contributed by atoms with Crippen LogP contribution in [0.5, 0.6) is 0 Å². The lowest BCUT2D eigenvalue weighted by molar-refractivity contribution is -0.160. The quantitative estimate of drug-likeness (QED) is 0.428. The smallest absolute Gasteiger partial charge is 0.320 e. The summed E-state index contributed by atoms with van der Waals surface area (Å²) in [6.07, 6.45) is 0.433. The molecular formula is C9H15NO3. The molecule has 0 saturated carbocycles. The lowest BCUT2D eigenvalue weighted by Crippen LogP contribution is -2.51. The third-order valence-corrected chi connectivity index (χ3v) is 2.56. The number of methoxy groups -OCH3 is 1. The fourth-order valence-electron chi connectivity index (χ4n) is 1.68. The van der Waals surface area contributed by atoms with Crippen LogP contribution in [-0.4, -0.2) is 43.9 Å². The molecule has 0 radical (unpaired) electrons. The number of piperidine rings is 1. The van der Waals surface area contributed by atoms with Crippen molar-refractivity contribution in [3.8, 4) is 0 Å². The number of hydrogen-bond acceptors (Lipinski definition) is 4. The van der Waals surface area contributed by atoms with Gasteiger partial charge < -0.3 is 9.64 Å². The topological polar surface area (TPSA) is 46.6 Å². The summed E-state index contributed by atoms with van der Waals surface area (Å²) in [7, 11) is 3.21. The van der Waals surface area contributed by atoms with Crippen molar-refractivity contribution in [1.29, 1.82) is 0 Å². The normalized spacial score (nSPS) is 30.2. The van der Waals surface area contributed by atoms with Crippen LogP contribution in [0.25, 0.3) is 0 Å². The Bertz CT molecular complexity index is 229. The molecule has 0 spiro atoms. The van der Waals surface area contributed by atoms with Crippen molar-refractivity contribution in [2.45, 2.75) is 13.3 Å². The van der Waals surface area contributed by atoms with Crippen LogP contribution in [0.4, 0.5) is 0 Å². The highest BCUT2D eigenvalue weighted by atomic mass is 16.5. The van der Waals surface area contributed by atoms with Crippen molar-refractivity contribution < 1.29 is 14.3 Å². The Hall–Kier alpha value is -0.900. The minimum atomic E-state index is -0.957. The lowest BCUT2D eigenvalue weighted by atomic mass is 9.81. The number of carbonyl (C=O) groups is 2. The molecule has 0 aromatic carbocycles. The zero-order valence-corrected chi connectivity index (χ0v) is 8.29. The van der Waals surface area contributed by atoms with Crippen LogP contribution in [0.3, 0.4) is 0 Å². The fraction of sp³-hybridized carbons (Fsp3) is 0.778. The summed E-state index contributed by atoms with van der Waals surface area (Å²) in [5.41, 5.74) is -0.957. The molecule has 74 valence electrons. The number of hydrogen-bond donors (Lipinski definition) is 0. The second-order valence-electron chi connectivity index (χ2n) is 3.73. The van der Waals surface area contributed by atoms with Crippen molar-refractivity contribution in [1.82, 2.24) is 4.90 Å². The Morgan fingerprint density at radius 1 is 1.62 bits per heavy atom. The molecule has 0 amide bonds. The standard InChI is InChI=1S/C9H15NO3/c1-9(8(12)13-3)6-10(2)5-4-7(9)11/h4-6H2,1-3H3. The van der Waals surface area contributed by atoms with Gasteiger partial charge in [0.05, 0.1) is 7.11 Å². The second kappa shape index (κ2) is 3.46. The second-order valence-corrected chi connectivity index (χ2v) is 3.73. The van der Waals surface area contributed by atoms with Crippen molar-refractivity contribution in [3.63, 3.8) is 0 Å². The monoisotopic (exact) mass is 185 g/mol. The van der Waals surface area contributed by atoms with Gasteiger partial charge in [-0.1, -0.05) is 0 Å². The summed E-state index contributed by atoms with van der Waals surface area (Å²) < 4.78 is 4.62. The molecule has 1 aliphatic heterocycles. The zero-order chi connectivity index (χ0) is 10.1. The van der Waals surface area contributed by atoms with E-state index in [0.29, 0.717) is 13.0 Å². The zero-order valence-electron chi connectivity index (χ0n) is 8.29. The molecule has 1 heterocycles.